The predicted molar refractivity (Wildman–Crippen MR) is 92.8 cm³/mol. The van der Waals surface area contributed by atoms with Crippen LogP contribution in [0.4, 0.5) is 9.59 Å². The highest BCUT2D eigenvalue weighted by Gasteiger charge is 2.76. The molecule has 0 aromatic heterocycles. The van der Waals surface area contributed by atoms with E-state index in [0.29, 0.717) is 0 Å². The van der Waals surface area contributed by atoms with E-state index in [4.69, 9.17) is 5.11 Å². The molecule has 2 amide bonds. The van der Waals surface area contributed by atoms with Gasteiger partial charge in [-0.25, -0.2) is 4.79 Å². The van der Waals surface area contributed by atoms with Crippen molar-refractivity contribution >= 4 is 23.9 Å². The Hall–Kier alpha value is -3.05. The summed E-state index contributed by atoms with van der Waals surface area (Å²) in [5, 5.41) is 29.9. The van der Waals surface area contributed by atoms with E-state index in [2.05, 4.69) is 0 Å². The Balaban J connectivity index is 0.00000300. The van der Waals surface area contributed by atoms with Crippen molar-refractivity contribution in [2.45, 2.75) is 38.5 Å². The molecule has 0 saturated carbocycles. The number of allylic oxidation sites excluding steroid dienone is 2. The number of carboxylic acid groups (broad SMARTS) is 3. The van der Waals surface area contributed by atoms with Crippen LogP contribution in [0.1, 0.15) is 26.7 Å². The Kier molecular flexibility index (Phi) is 5.68. The molecule has 158 valence electrons. The maximum Gasteiger partial charge on any atom is 0.546 e. The standard InChI is InChI=1S/C17H20N4O7.ClH/c1-3-13-19(15(25)26)12-10-21(13,16(27)28)20(12)17(11(2)22)7-4-5-8-18(17)9-6-14(23)24;/h4-5,7-8,10,13H,3,6,9H2,1-2H3,(H2-,23,24,25,26,27,28);1H. The zero-order valence-electron chi connectivity index (χ0n) is 15.7. The van der Waals surface area contributed by atoms with E-state index >= 15 is 0 Å². The predicted octanol–water partition coefficient (Wildman–Crippen LogP) is -1.61. The first kappa shape index (κ1) is 22.2. The van der Waals surface area contributed by atoms with E-state index in [0.717, 1.165) is 4.90 Å². The van der Waals surface area contributed by atoms with Gasteiger partial charge in [0.05, 0.1) is 6.42 Å². The summed E-state index contributed by atoms with van der Waals surface area (Å²) in [4.78, 5) is 50.4. The number of carboxylic acids is 1. The van der Waals surface area contributed by atoms with Crippen molar-refractivity contribution in [3.8, 4) is 0 Å². The van der Waals surface area contributed by atoms with Crippen molar-refractivity contribution in [3.05, 3.63) is 36.4 Å². The van der Waals surface area contributed by atoms with E-state index in [1.54, 1.807) is 19.1 Å². The lowest BCUT2D eigenvalue weighted by Gasteiger charge is -2.52. The zero-order valence-corrected chi connectivity index (χ0v) is 16.5. The lowest BCUT2D eigenvalue weighted by molar-refractivity contribution is -0.959. The van der Waals surface area contributed by atoms with Gasteiger partial charge in [-0.05, 0) is 19.1 Å². The number of carbonyl (C=O) groups excluding carboxylic acids is 1. The Labute approximate surface area is 172 Å². The summed E-state index contributed by atoms with van der Waals surface area (Å²) in [6.45, 7) is 2.86. The van der Waals surface area contributed by atoms with Crippen LogP contribution in [0.5, 0.6) is 0 Å². The molecule has 11 nitrogen and oxygen atoms in total. The first-order chi connectivity index (χ1) is 13.1. The largest absolute Gasteiger partial charge is 1.00 e. The molecule has 3 atom stereocenters. The van der Waals surface area contributed by atoms with Gasteiger partial charge >= 0.3 is 18.2 Å². The molecule has 29 heavy (non-hydrogen) atoms. The second-order valence-electron chi connectivity index (χ2n) is 6.68. The van der Waals surface area contributed by atoms with Gasteiger partial charge in [0.1, 0.15) is 0 Å². The van der Waals surface area contributed by atoms with Gasteiger partial charge in [-0.2, -0.15) is 9.69 Å². The molecule has 0 spiro atoms. The summed E-state index contributed by atoms with van der Waals surface area (Å²) in [5.74, 6) is -1.46. The van der Waals surface area contributed by atoms with Crippen molar-refractivity contribution in [1.29, 1.82) is 0 Å². The molecule has 4 aliphatic heterocycles. The number of fused-ring (bicyclic) bond motifs is 1. The topological polar surface area (TPSA) is 139 Å². The summed E-state index contributed by atoms with van der Waals surface area (Å²) in [6, 6.07) is 0. The van der Waals surface area contributed by atoms with Gasteiger partial charge in [0.15, 0.2) is 12.0 Å². The van der Waals surface area contributed by atoms with E-state index < -0.39 is 40.4 Å². The average molecular weight is 429 g/mol. The molecule has 4 heterocycles. The van der Waals surface area contributed by atoms with Crippen LogP contribution in [0.3, 0.4) is 0 Å². The second kappa shape index (κ2) is 7.41. The third-order valence-corrected chi connectivity index (χ3v) is 5.29. The Morgan fingerprint density at radius 1 is 1.17 bits per heavy atom. The van der Waals surface area contributed by atoms with Crippen molar-refractivity contribution in [2.75, 3.05) is 6.54 Å². The highest BCUT2D eigenvalue weighted by atomic mass is 35.5. The summed E-state index contributed by atoms with van der Waals surface area (Å²) >= 11 is 0. The monoisotopic (exact) mass is 428 g/mol. The minimum Gasteiger partial charge on any atom is -1.00 e. The number of halogens is 1. The lowest BCUT2D eigenvalue weighted by atomic mass is 9.97. The molecule has 0 aromatic rings. The fraction of sp³-hybridized carbons (Fsp3) is 0.412. The minimum absolute atomic E-state index is 0. The fourth-order valence-corrected chi connectivity index (χ4v) is 4.17. The summed E-state index contributed by atoms with van der Waals surface area (Å²) in [6.07, 6.45) is 3.71. The molecule has 0 radical (unpaired) electrons. The highest BCUT2D eigenvalue weighted by Crippen LogP contribution is 2.53. The molecule has 4 rings (SSSR count). The van der Waals surface area contributed by atoms with Crippen LogP contribution in [-0.2, 0) is 9.59 Å². The van der Waals surface area contributed by atoms with Crippen LogP contribution >= 0.6 is 0 Å². The number of carbonyl (C=O) groups is 4. The van der Waals surface area contributed by atoms with Crippen molar-refractivity contribution in [3.63, 3.8) is 0 Å². The van der Waals surface area contributed by atoms with Gasteiger partial charge < -0.3 is 32.6 Å². The molecular weight excluding hydrogens is 408 g/mol. The second-order valence-corrected chi connectivity index (χ2v) is 6.68. The Morgan fingerprint density at radius 2 is 1.83 bits per heavy atom. The van der Waals surface area contributed by atoms with Crippen LogP contribution in [0.25, 0.3) is 0 Å². The van der Waals surface area contributed by atoms with E-state index in [1.807, 2.05) is 0 Å². The SMILES string of the molecule is CCC1N(C(=O)O)C2=C[N+]1(C(=O)O)N2C1(C(C)=O)C=CC=CN1CCC(=O)O.[Cl-]. The van der Waals surface area contributed by atoms with Gasteiger partial charge in [-0.1, -0.05) is 17.6 Å². The quantitative estimate of drug-likeness (QED) is 0.426. The van der Waals surface area contributed by atoms with Crippen LogP contribution in [0.15, 0.2) is 36.4 Å². The average Bonchev–Trinajstić information content (AvgIpc) is 3.10. The number of aliphatic carboxylic acids is 1. The molecule has 1 fully saturated rings. The molecule has 3 N–H and O–H groups in total. The van der Waals surface area contributed by atoms with Gasteiger partial charge in [0, 0.05) is 19.2 Å². The molecule has 4 aliphatic rings. The number of Topliss-reactive ketones (excluding diaryl/α,β-unsaturated/α-hetero) is 1. The zero-order chi connectivity index (χ0) is 20.9. The molecule has 3 unspecified atom stereocenters. The summed E-state index contributed by atoms with van der Waals surface area (Å²) in [5.41, 5.74) is -1.66. The van der Waals surface area contributed by atoms with Crippen LogP contribution in [0.2, 0.25) is 0 Å². The summed E-state index contributed by atoms with van der Waals surface area (Å²) in [7, 11) is 0. The van der Waals surface area contributed by atoms with E-state index in [1.165, 1.54) is 35.3 Å². The Bertz CT molecular complexity index is 857. The molecule has 0 aromatic carbocycles. The third-order valence-electron chi connectivity index (χ3n) is 5.29. The number of amides is 2. The fourth-order valence-electron chi connectivity index (χ4n) is 4.17. The van der Waals surface area contributed by atoms with Gasteiger partial charge in [0.2, 0.25) is 17.6 Å². The van der Waals surface area contributed by atoms with Gasteiger partial charge in [-0.3, -0.25) is 9.59 Å². The number of hydrogen-bond donors (Lipinski definition) is 3. The van der Waals surface area contributed by atoms with Crippen LogP contribution in [0, 0.1) is 0 Å². The van der Waals surface area contributed by atoms with Crippen molar-refractivity contribution in [1.82, 2.24) is 14.8 Å². The van der Waals surface area contributed by atoms with Crippen LogP contribution < -0.4 is 12.4 Å². The first-order valence-electron chi connectivity index (χ1n) is 8.67. The smallest absolute Gasteiger partial charge is 0.546 e. The molecule has 0 aliphatic carbocycles. The first-order valence-corrected chi connectivity index (χ1v) is 8.67. The van der Waals surface area contributed by atoms with E-state index in [9.17, 15) is 29.4 Å². The van der Waals surface area contributed by atoms with Crippen molar-refractivity contribution in [2.24, 2.45) is 0 Å². The highest BCUT2D eigenvalue weighted by molar-refractivity contribution is 5.89. The molecule has 1 saturated heterocycles. The number of rotatable bonds is 6. The van der Waals surface area contributed by atoms with E-state index in [-0.39, 0.29) is 37.6 Å². The molecule has 12 heteroatoms. The van der Waals surface area contributed by atoms with Crippen molar-refractivity contribution < 1.29 is 51.5 Å². The summed E-state index contributed by atoms with van der Waals surface area (Å²) < 4.78 is -0.876. The lowest BCUT2D eigenvalue weighted by Crippen LogP contribution is -3.00. The number of quaternary nitrogens is 1. The maximum atomic E-state index is 12.9. The normalized spacial score (nSPS) is 29.1. The minimum atomic E-state index is -1.66. The van der Waals surface area contributed by atoms with Crippen LogP contribution in [-0.4, -0.2) is 77.0 Å². The van der Waals surface area contributed by atoms with Gasteiger partial charge in [0.25, 0.3) is 0 Å². The Morgan fingerprint density at radius 3 is 2.31 bits per heavy atom. The van der Waals surface area contributed by atoms with Gasteiger partial charge in [-0.15, -0.1) is 5.01 Å². The third kappa shape index (κ3) is 2.76. The number of nitrogens with zero attached hydrogens (tertiary/aromatic N) is 4. The molecule has 2 bridgehead atoms. The maximum absolute atomic E-state index is 12.9. The molecular formula is C17H21ClN4O7. The number of ketones is 1. The number of hydrogen-bond acceptors (Lipinski definition) is 6.